The van der Waals surface area contributed by atoms with E-state index in [-0.39, 0.29) is 22.4 Å². The van der Waals surface area contributed by atoms with E-state index in [4.69, 9.17) is 4.74 Å². The summed E-state index contributed by atoms with van der Waals surface area (Å²) in [6, 6.07) is 10.1. The summed E-state index contributed by atoms with van der Waals surface area (Å²) in [6.45, 7) is 4.06. The zero-order valence-corrected chi connectivity index (χ0v) is 17.2. The fourth-order valence-electron chi connectivity index (χ4n) is 3.52. The van der Waals surface area contributed by atoms with Crippen LogP contribution < -0.4 is 14.8 Å². The van der Waals surface area contributed by atoms with Gasteiger partial charge in [0.1, 0.15) is 5.75 Å². The van der Waals surface area contributed by atoms with Gasteiger partial charge in [0.15, 0.2) is 0 Å². The smallest absolute Gasteiger partial charge is 0.255 e. The highest BCUT2D eigenvalue weighted by molar-refractivity contribution is 7.89. The molecule has 1 amide bonds. The standard InChI is InChI=1S/C21H26N2O4S/c1-4-22-21(24)19-13-18(10-11-20(19)27-3)28(25,26)23-14(2)16-9-8-15-6-5-7-17(15)12-16/h8-14,23H,4-7H2,1-3H3,(H,22,24)/t14-/m1/s1. The van der Waals surface area contributed by atoms with Gasteiger partial charge in [0, 0.05) is 12.6 Å². The molecule has 2 aromatic rings. The Morgan fingerprint density at radius 1 is 1.14 bits per heavy atom. The molecule has 0 unspecified atom stereocenters. The zero-order valence-electron chi connectivity index (χ0n) is 16.4. The third-order valence-electron chi connectivity index (χ3n) is 5.02. The molecule has 0 aliphatic heterocycles. The number of aryl methyl sites for hydroxylation is 2. The monoisotopic (exact) mass is 402 g/mol. The molecule has 150 valence electrons. The number of carbonyl (C=O) groups excluding carboxylic acids is 1. The Balaban J connectivity index is 1.86. The topological polar surface area (TPSA) is 84.5 Å². The van der Waals surface area contributed by atoms with E-state index in [2.05, 4.69) is 22.2 Å². The van der Waals surface area contributed by atoms with Crippen molar-refractivity contribution in [2.45, 2.75) is 44.0 Å². The number of methoxy groups -OCH3 is 1. The number of hydrogen-bond acceptors (Lipinski definition) is 4. The number of carbonyl (C=O) groups is 1. The van der Waals surface area contributed by atoms with Gasteiger partial charge in [-0.05, 0) is 68.0 Å². The number of amides is 1. The molecule has 6 nitrogen and oxygen atoms in total. The van der Waals surface area contributed by atoms with Crippen LogP contribution >= 0.6 is 0 Å². The van der Waals surface area contributed by atoms with E-state index in [9.17, 15) is 13.2 Å². The first-order chi connectivity index (χ1) is 13.4. The SMILES string of the molecule is CCNC(=O)c1cc(S(=O)(=O)N[C@H](C)c2ccc3c(c2)CCC3)ccc1OC. The van der Waals surface area contributed by atoms with Crippen molar-refractivity contribution in [1.29, 1.82) is 0 Å². The van der Waals surface area contributed by atoms with Gasteiger partial charge in [-0.1, -0.05) is 18.2 Å². The van der Waals surface area contributed by atoms with Crippen molar-refractivity contribution in [3.63, 3.8) is 0 Å². The second kappa shape index (κ2) is 8.32. The van der Waals surface area contributed by atoms with Crippen LogP contribution in [0.2, 0.25) is 0 Å². The predicted octanol–water partition coefficient (Wildman–Crippen LogP) is 2.97. The van der Waals surface area contributed by atoms with Crippen LogP contribution in [0.4, 0.5) is 0 Å². The average molecular weight is 403 g/mol. The van der Waals surface area contributed by atoms with Crippen molar-refractivity contribution < 1.29 is 17.9 Å². The van der Waals surface area contributed by atoms with E-state index in [1.54, 1.807) is 6.92 Å². The molecule has 28 heavy (non-hydrogen) atoms. The molecule has 0 aromatic heterocycles. The number of sulfonamides is 1. The van der Waals surface area contributed by atoms with Gasteiger partial charge in [-0.15, -0.1) is 0 Å². The number of nitrogens with one attached hydrogen (secondary N) is 2. The lowest BCUT2D eigenvalue weighted by molar-refractivity contribution is 0.0952. The maximum absolute atomic E-state index is 12.9. The molecule has 7 heteroatoms. The summed E-state index contributed by atoms with van der Waals surface area (Å²) in [6.07, 6.45) is 3.27. The van der Waals surface area contributed by atoms with Crippen LogP contribution in [-0.2, 0) is 22.9 Å². The summed E-state index contributed by atoms with van der Waals surface area (Å²) in [5.74, 6) is -0.0420. The van der Waals surface area contributed by atoms with Gasteiger partial charge in [0.05, 0.1) is 17.6 Å². The Morgan fingerprint density at radius 3 is 2.61 bits per heavy atom. The van der Waals surface area contributed by atoms with Crippen molar-refractivity contribution in [3.05, 3.63) is 58.7 Å². The quantitative estimate of drug-likeness (QED) is 0.746. The number of hydrogen-bond donors (Lipinski definition) is 2. The maximum Gasteiger partial charge on any atom is 0.255 e. The molecule has 0 spiro atoms. The Labute approximate surface area is 166 Å². The lowest BCUT2D eigenvalue weighted by atomic mass is 10.0. The average Bonchev–Trinajstić information content (AvgIpc) is 3.15. The maximum atomic E-state index is 12.9. The summed E-state index contributed by atoms with van der Waals surface area (Å²) >= 11 is 0. The Kier molecular flexibility index (Phi) is 6.05. The number of fused-ring (bicyclic) bond motifs is 1. The summed E-state index contributed by atoms with van der Waals surface area (Å²) < 4.78 is 33.7. The van der Waals surface area contributed by atoms with Gasteiger partial charge >= 0.3 is 0 Å². The largest absolute Gasteiger partial charge is 0.496 e. The molecular formula is C21H26N2O4S. The molecule has 2 N–H and O–H groups in total. The van der Waals surface area contributed by atoms with Crippen LogP contribution in [0.15, 0.2) is 41.3 Å². The van der Waals surface area contributed by atoms with Crippen LogP contribution in [-0.4, -0.2) is 28.0 Å². The van der Waals surface area contributed by atoms with E-state index >= 15 is 0 Å². The molecule has 3 rings (SSSR count). The third-order valence-corrected chi connectivity index (χ3v) is 6.56. The molecule has 1 aliphatic rings. The highest BCUT2D eigenvalue weighted by Crippen LogP contribution is 2.27. The second-order valence-corrected chi connectivity index (χ2v) is 8.66. The fraction of sp³-hybridized carbons (Fsp3) is 0.381. The van der Waals surface area contributed by atoms with Crippen molar-refractivity contribution in [2.24, 2.45) is 0 Å². The first kappa shape index (κ1) is 20.4. The summed E-state index contributed by atoms with van der Waals surface area (Å²) in [4.78, 5) is 12.3. The van der Waals surface area contributed by atoms with E-state index in [1.807, 2.05) is 13.0 Å². The molecule has 0 saturated heterocycles. The minimum atomic E-state index is -3.80. The molecule has 0 heterocycles. The minimum absolute atomic E-state index is 0.0302. The predicted molar refractivity (Wildman–Crippen MR) is 108 cm³/mol. The number of benzene rings is 2. The van der Waals surface area contributed by atoms with Crippen LogP contribution in [0.3, 0.4) is 0 Å². The van der Waals surface area contributed by atoms with Crippen molar-refractivity contribution in [3.8, 4) is 5.75 Å². The molecule has 0 saturated carbocycles. The highest BCUT2D eigenvalue weighted by atomic mass is 32.2. The third kappa shape index (κ3) is 4.20. The second-order valence-electron chi connectivity index (χ2n) is 6.95. The molecule has 0 radical (unpaired) electrons. The van der Waals surface area contributed by atoms with Crippen LogP contribution in [0, 0.1) is 0 Å². The van der Waals surface area contributed by atoms with Crippen molar-refractivity contribution in [2.75, 3.05) is 13.7 Å². The lowest BCUT2D eigenvalue weighted by Crippen LogP contribution is -2.28. The first-order valence-electron chi connectivity index (χ1n) is 9.46. The van der Waals surface area contributed by atoms with Gasteiger partial charge in [-0.25, -0.2) is 13.1 Å². The lowest BCUT2D eigenvalue weighted by Gasteiger charge is -2.17. The van der Waals surface area contributed by atoms with Gasteiger partial charge in [-0.2, -0.15) is 0 Å². The van der Waals surface area contributed by atoms with Crippen molar-refractivity contribution in [1.82, 2.24) is 10.0 Å². The fourth-order valence-corrected chi connectivity index (χ4v) is 4.78. The van der Waals surface area contributed by atoms with Crippen molar-refractivity contribution >= 4 is 15.9 Å². The van der Waals surface area contributed by atoms with Crippen LogP contribution in [0.25, 0.3) is 0 Å². The molecule has 1 aliphatic carbocycles. The van der Waals surface area contributed by atoms with Crippen LogP contribution in [0.5, 0.6) is 5.75 Å². The minimum Gasteiger partial charge on any atom is -0.496 e. The van der Waals surface area contributed by atoms with E-state index in [0.29, 0.717) is 12.3 Å². The van der Waals surface area contributed by atoms with Crippen LogP contribution in [0.1, 0.15) is 53.4 Å². The number of rotatable bonds is 7. The molecule has 0 fully saturated rings. The highest BCUT2D eigenvalue weighted by Gasteiger charge is 2.23. The Bertz CT molecular complexity index is 986. The molecular weight excluding hydrogens is 376 g/mol. The zero-order chi connectivity index (χ0) is 20.3. The molecule has 1 atom stereocenters. The summed E-state index contributed by atoms with van der Waals surface area (Å²) in [5, 5.41) is 2.67. The van der Waals surface area contributed by atoms with E-state index in [0.717, 1.165) is 24.8 Å². The van der Waals surface area contributed by atoms with Gasteiger partial charge in [0.2, 0.25) is 10.0 Å². The summed E-state index contributed by atoms with van der Waals surface area (Å²) in [7, 11) is -2.36. The number of ether oxygens (including phenoxy) is 1. The molecule has 2 aromatic carbocycles. The van der Waals surface area contributed by atoms with Gasteiger partial charge in [-0.3, -0.25) is 4.79 Å². The van der Waals surface area contributed by atoms with Gasteiger partial charge < -0.3 is 10.1 Å². The van der Waals surface area contributed by atoms with E-state index < -0.39 is 10.0 Å². The normalized spacial score (nSPS) is 14.4. The van der Waals surface area contributed by atoms with Gasteiger partial charge in [0.25, 0.3) is 5.91 Å². The summed E-state index contributed by atoms with van der Waals surface area (Å²) in [5.41, 5.74) is 3.77. The van der Waals surface area contributed by atoms with E-state index in [1.165, 1.54) is 36.4 Å². The molecule has 0 bridgehead atoms. The Morgan fingerprint density at radius 2 is 1.89 bits per heavy atom. The Hall–Kier alpha value is -2.38. The first-order valence-corrected chi connectivity index (χ1v) is 10.9.